The number of nitrogens with two attached hydrogens (primary N) is 1. The highest BCUT2D eigenvalue weighted by molar-refractivity contribution is 6.15. The van der Waals surface area contributed by atoms with E-state index in [1.54, 1.807) is 0 Å². The molecule has 0 spiro atoms. The molecule has 4 rings (SSSR count). The zero-order chi connectivity index (χ0) is 16.7. The van der Waals surface area contributed by atoms with Crippen LogP contribution in [-0.2, 0) is 0 Å². The SMILES string of the molecule is N=Cc1cc(F)cc(-c2c3ccccc3cc3ccccc23)c1N. The summed E-state index contributed by atoms with van der Waals surface area (Å²) in [7, 11) is 0. The van der Waals surface area contributed by atoms with E-state index in [4.69, 9.17) is 11.1 Å². The van der Waals surface area contributed by atoms with Gasteiger partial charge in [0.2, 0.25) is 0 Å². The minimum atomic E-state index is -0.394. The molecular formula is C21H15FN2. The highest BCUT2D eigenvalue weighted by Gasteiger charge is 2.15. The molecule has 3 N–H and O–H groups in total. The number of hydrogen-bond donors (Lipinski definition) is 2. The zero-order valence-electron chi connectivity index (χ0n) is 12.9. The molecule has 0 heterocycles. The van der Waals surface area contributed by atoms with Crippen molar-refractivity contribution >= 4 is 33.4 Å². The van der Waals surface area contributed by atoms with E-state index < -0.39 is 5.82 Å². The van der Waals surface area contributed by atoms with Gasteiger partial charge >= 0.3 is 0 Å². The van der Waals surface area contributed by atoms with Crippen molar-refractivity contribution in [2.24, 2.45) is 0 Å². The summed E-state index contributed by atoms with van der Waals surface area (Å²) in [6, 6.07) is 20.9. The van der Waals surface area contributed by atoms with Crippen LogP contribution in [0.15, 0.2) is 66.7 Å². The number of nitrogen functional groups attached to an aromatic ring is 1. The van der Waals surface area contributed by atoms with Gasteiger partial charge in [0.05, 0.1) is 0 Å². The van der Waals surface area contributed by atoms with Crippen LogP contribution in [-0.4, -0.2) is 6.21 Å². The maximum Gasteiger partial charge on any atom is 0.124 e. The highest BCUT2D eigenvalue weighted by atomic mass is 19.1. The van der Waals surface area contributed by atoms with Crippen molar-refractivity contribution in [3.8, 4) is 11.1 Å². The van der Waals surface area contributed by atoms with Crippen LogP contribution in [0.3, 0.4) is 0 Å². The molecule has 0 saturated carbocycles. The third-order valence-electron chi connectivity index (χ3n) is 4.37. The molecule has 0 fully saturated rings. The summed E-state index contributed by atoms with van der Waals surface area (Å²) in [5, 5.41) is 11.7. The Kier molecular flexibility index (Phi) is 3.28. The van der Waals surface area contributed by atoms with Crippen LogP contribution in [0.4, 0.5) is 10.1 Å². The molecule has 0 saturated heterocycles. The molecule has 24 heavy (non-hydrogen) atoms. The maximum atomic E-state index is 14.1. The summed E-state index contributed by atoms with van der Waals surface area (Å²) in [6.45, 7) is 0. The molecule has 0 aliphatic carbocycles. The predicted octanol–water partition coefficient (Wildman–Crippen LogP) is 5.38. The van der Waals surface area contributed by atoms with Gasteiger partial charge in [0, 0.05) is 23.0 Å². The van der Waals surface area contributed by atoms with Crippen LogP contribution in [0.25, 0.3) is 32.7 Å². The summed E-state index contributed by atoms with van der Waals surface area (Å²) in [6.07, 6.45) is 1.09. The number of hydrogen-bond acceptors (Lipinski definition) is 2. The number of rotatable bonds is 2. The van der Waals surface area contributed by atoms with Gasteiger partial charge in [0.1, 0.15) is 5.82 Å². The molecule has 0 aromatic heterocycles. The van der Waals surface area contributed by atoms with Gasteiger partial charge in [-0.25, -0.2) is 4.39 Å². The monoisotopic (exact) mass is 314 g/mol. The van der Waals surface area contributed by atoms with Crippen molar-refractivity contribution in [1.29, 1.82) is 5.41 Å². The molecule has 0 unspecified atom stereocenters. The van der Waals surface area contributed by atoms with Gasteiger partial charge in [-0.15, -0.1) is 0 Å². The van der Waals surface area contributed by atoms with E-state index in [1.807, 2.05) is 48.5 Å². The molecule has 4 aromatic rings. The molecule has 4 aromatic carbocycles. The van der Waals surface area contributed by atoms with Gasteiger partial charge in [-0.3, -0.25) is 0 Å². The van der Waals surface area contributed by atoms with E-state index in [0.717, 1.165) is 33.3 Å². The first-order valence-electron chi connectivity index (χ1n) is 7.69. The molecule has 0 atom stereocenters. The lowest BCUT2D eigenvalue weighted by Gasteiger charge is -2.15. The van der Waals surface area contributed by atoms with E-state index in [0.29, 0.717) is 16.8 Å². The first kappa shape index (κ1) is 14.4. The van der Waals surface area contributed by atoms with Gasteiger partial charge in [-0.05, 0) is 45.3 Å². The highest BCUT2D eigenvalue weighted by Crippen LogP contribution is 2.39. The molecular weight excluding hydrogens is 299 g/mol. The Balaban J connectivity index is 2.23. The fourth-order valence-electron chi connectivity index (χ4n) is 3.27. The van der Waals surface area contributed by atoms with Crippen LogP contribution in [0, 0.1) is 11.2 Å². The molecule has 0 amide bonds. The second kappa shape index (κ2) is 5.46. The molecule has 0 aliphatic heterocycles. The number of anilines is 1. The molecule has 3 heteroatoms. The second-order valence-electron chi connectivity index (χ2n) is 5.79. The standard InChI is InChI=1S/C21H15FN2/c22-16-10-15(12-23)21(24)19(11-16)20-17-7-3-1-5-13(17)9-14-6-2-4-8-18(14)20/h1-12,23H,24H2. The van der Waals surface area contributed by atoms with Gasteiger partial charge in [0.25, 0.3) is 0 Å². The molecule has 0 radical (unpaired) electrons. The number of halogens is 1. The summed E-state index contributed by atoms with van der Waals surface area (Å²) >= 11 is 0. The summed E-state index contributed by atoms with van der Waals surface area (Å²) in [5.41, 5.74) is 8.61. The zero-order valence-corrected chi connectivity index (χ0v) is 12.9. The van der Waals surface area contributed by atoms with Crippen LogP contribution < -0.4 is 5.73 Å². The van der Waals surface area contributed by atoms with E-state index in [-0.39, 0.29) is 0 Å². The maximum absolute atomic E-state index is 14.1. The average molecular weight is 314 g/mol. The van der Waals surface area contributed by atoms with E-state index >= 15 is 0 Å². The molecule has 0 aliphatic rings. The molecule has 116 valence electrons. The lowest BCUT2D eigenvalue weighted by Crippen LogP contribution is -1.99. The lowest BCUT2D eigenvalue weighted by molar-refractivity contribution is 0.628. The minimum Gasteiger partial charge on any atom is -0.398 e. The predicted molar refractivity (Wildman–Crippen MR) is 99.1 cm³/mol. The van der Waals surface area contributed by atoms with Crippen molar-refractivity contribution < 1.29 is 4.39 Å². The van der Waals surface area contributed by atoms with E-state index in [2.05, 4.69) is 6.07 Å². The molecule has 2 nitrogen and oxygen atoms in total. The normalized spacial score (nSPS) is 11.0. The van der Waals surface area contributed by atoms with E-state index in [1.165, 1.54) is 12.1 Å². The van der Waals surface area contributed by atoms with Gasteiger partial charge in [0.15, 0.2) is 0 Å². The first-order chi connectivity index (χ1) is 11.7. The van der Waals surface area contributed by atoms with Crippen molar-refractivity contribution in [2.45, 2.75) is 0 Å². The smallest absolute Gasteiger partial charge is 0.124 e. The Bertz CT molecular complexity index is 1050. The van der Waals surface area contributed by atoms with Crippen LogP contribution in [0.5, 0.6) is 0 Å². The van der Waals surface area contributed by atoms with Crippen molar-refractivity contribution in [3.05, 3.63) is 78.1 Å². The van der Waals surface area contributed by atoms with Crippen molar-refractivity contribution in [2.75, 3.05) is 5.73 Å². The Hall–Kier alpha value is -3.20. The Morgan fingerprint density at radius 3 is 2.00 bits per heavy atom. The van der Waals surface area contributed by atoms with E-state index in [9.17, 15) is 4.39 Å². The number of benzene rings is 4. The van der Waals surface area contributed by atoms with Crippen molar-refractivity contribution in [3.63, 3.8) is 0 Å². The largest absolute Gasteiger partial charge is 0.398 e. The third kappa shape index (κ3) is 2.14. The van der Waals surface area contributed by atoms with Gasteiger partial charge < -0.3 is 11.1 Å². The fourth-order valence-corrected chi connectivity index (χ4v) is 3.27. The van der Waals surface area contributed by atoms with Crippen LogP contribution in [0.2, 0.25) is 0 Å². The first-order valence-corrected chi connectivity index (χ1v) is 7.69. The van der Waals surface area contributed by atoms with Gasteiger partial charge in [-0.1, -0.05) is 48.5 Å². The summed E-state index contributed by atoms with van der Waals surface area (Å²) in [5.74, 6) is -0.394. The van der Waals surface area contributed by atoms with Crippen LogP contribution in [0.1, 0.15) is 5.56 Å². The van der Waals surface area contributed by atoms with Crippen LogP contribution >= 0.6 is 0 Å². The Morgan fingerprint density at radius 2 is 1.42 bits per heavy atom. The number of fused-ring (bicyclic) bond motifs is 2. The quantitative estimate of drug-likeness (QED) is 0.291. The number of nitrogens with one attached hydrogen (secondary N) is 1. The third-order valence-corrected chi connectivity index (χ3v) is 4.37. The topological polar surface area (TPSA) is 49.9 Å². The fraction of sp³-hybridized carbons (Fsp3) is 0. The lowest BCUT2D eigenvalue weighted by atomic mass is 9.90. The second-order valence-corrected chi connectivity index (χ2v) is 5.79. The summed E-state index contributed by atoms with van der Waals surface area (Å²) in [4.78, 5) is 0. The minimum absolute atomic E-state index is 0.391. The average Bonchev–Trinajstić information content (AvgIpc) is 2.61. The Labute approximate surface area is 138 Å². The molecule has 0 bridgehead atoms. The Morgan fingerprint density at radius 1 is 0.833 bits per heavy atom. The van der Waals surface area contributed by atoms with Crippen molar-refractivity contribution in [1.82, 2.24) is 0 Å². The van der Waals surface area contributed by atoms with Gasteiger partial charge in [-0.2, -0.15) is 0 Å². The summed E-state index contributed by atoms with van der Waals surface area (Å²) < 4.78 is 14.1.